The molecule has 1 unspecified atom stereocenters. The van der Waals surface area contributed by atoms with E-state index in [4.69, 9.17) is 0 Å². The Hall–Kier alpha value is -1.98. The molecule has 4 nitrogen and oxygen atoms in total. The third kappa shape index (κ3) is 1.52. The van der Waals surface area contributed by atoms with Crippen molar-refractivity contribution >= 4 is 11.9 Å². The third-order valence-corrected chi connectivity index (χ3v) is 2.48. The van der Waals surface area contributed by atoms with Crippen LogP contribution in [-0.2, 0) is 10.3 Å². The fraction of sp³-hybridized carbons (Fsp3) is 0.200. The van der Waals surface area contributed by atoms with Crippen LogP contribution in [0.25, 0.3) is 0 Å². The number of rotatable bonds is 1. The number of carbonyl (C=O) groups is 2. The van der Waals surface area contributed by atoms with Crippen molar-refractivity contribution in [2.45, 2.75) is 12.5 Å². The SMILES string of the molecule is CC1(c2cc(F)cc(F)c2)NC(=O)NC1=O. The van der Waals surface area contributed by atoms with E-state index in [2.05, 4.69) is 5.32 Å². The molecule has 84 valence electrons. The summed E-state index contributed by atoms with van der Waals surface area (Å²) in [5.74, 6) is -2.24. The molecule has 1 aromatic rings. The van der Waals surface area contributed by atoms with Gasteiger partial charge < -0.3 is 5.32 Å². The van der Waals surface area contributed by atoms with Crippen molar-refractivity contribution in [1.29, 1.82) is 0 Å². The molecule has 6 heteroatoms. The van der Waals surface area contributed by atoms with Crippen LogP contribution in [0.15, 0.2) is 18.2 Å². The summed E-state index contributed by atoms with van der Waals surface area (Å²) < 4.78 is 26.0. The Morgan fingerprint density at radius 2 is 1.69 bits per heavy atom. The average Bonchev–Trinajstić information content (AvgIpc) is 2.40. The van der Waals surface area contributed by atoms with Crippen molar-refractivity contribution in [3.8, 4) is 0 Å². The summed E-state index contributed by atoms with van der Waals surface area (Å²) in [6, 6.07) is 2.03. The van der Waals surface area contributed by atoms with Gasteiger partial charge in [-0.05, 0) is 24.6 Å². The fourth-order valence-corrected chi connectivity index (χ4v) is 1.59. The summed E-state index contributed by atoms with van der Waals surface area (Å²) in [6.07, 6.45) is 0. The number of urea groups is 1. The zero-order valence-corrected chi connectivity index (χ0v) is 8.30. The highest BCUT2D eigenvalue weighted by molar-refractivity contribution is 6.07. The molecule has 1 aromatic carbocycles. The largest absolute Gasteiger partial charge is 0.322 e. The lowest BCUT2D eigenvalue weighted by molar-refractivity contribution is -0.123. The van der Waals surface area contributed by atoms with E-state index in [1.54, 1.807) is 0 Å². The first-order valence-corrected chi connectivity index (χ1v) is 4.52. The van der Waals surface area contributed by atoms with E-state index in [0.717, 1.165) is 12.1 Å². The molecular formula is C10H8F2N2O2. The van der Waals surface area contributed by atoms with Crippen LogP contribution in [0, 0.1) is 11.6 Å². The van der Waals surface area contributed by atoms with Gasteiger partial charge >= 0.3 is 6.03 Å². The molecule has 2 N–H and O–H groups in total. The van der Waals surface area contributed by atoms with E-state index in [9.17, 15) is 18.4 Å². The molecule has 1 fully saturated rings. The number of halogens is 2. The van der Waals surface area contributed by atoms with Crippen molar-refractivity contribution in [1.82, 2.24) is 10.6 Å². The molecule has 0 bridgehead atoms. The van der Waals surface area contributed by atoms with Gasteiger partial charge in [0.25, 0.3) is 5.91 Å². The number of nitrogens with one attached hydrogen (secondary N) is 2. The Morgan fingerprint density at radius 1 is 1.12 bits per heavy atom. The lowest BCUT2D eigenvalue weighted by atomic mass is 9.92. The molecule has 1 atom stereocenters. The summed E-state index contributed by atoms with van der Waals surface area (Å²) in [4.78, 5) is 22.5. The van der Waals surface area contributed by atoms with E-state index in [1.165, 1.54) is 6.92 Å². The molecule has 1 aliphatic heterocycles. The first-order valence-electron chi connectivity index (χ1n) is 4.52. The van der Waals surface area contributed by atoms with Gasteiger partial charge in [0.1, 0.15) is 17.2 Å². The van der Waals surface area contributed by atoms with Crippen molar-refractivity contribution < 1.29 is 18.4 Å². The molecule has 0 aliphatic carbocycles. The van der Waals surface area contributed by atoms with Crippen LogP contribution in [-0.4, -0.2) is 11.9 Å². The highest BCUT2D eigenvalue weighted by atomic mass is 19.1. The monoisotopic (exact) mass is 226 g/mol. The molecule has 0 aromatic heterocycles. The van der Waals surface area contributed by atoms with Gasteiger partial charge in [-0.15, -0.1) is 0 Å². The van der Waals surface area contributed by atoms with Gasteiger partial charge in [0.2, 0.25) is 0 Å². The van der Waals surface area contributed by atoms with E-state index < -0.39 is 29.1 Å². The van der Waals surface area contributed by atoms with E-state index in [0.29, 0.717) is 6.07 Å². The number of hydrogen-bond donors (Lipinski definition) is 2. The Labute approximate surface area is 89.6 Å². The molecule has 0 radical (unpaired) electrons. The summed E-state index contributed by atoms with van der Waals surface area (Å²) in [6.45, 7) is 1.38. The van der Waals surface area contributed by atoms with Crippen LogP contribution in [0.3, 0.4) is 0 Å². The molecule has 1 aliphatic rings. The van der Waals surface area contributed by atoms with Crippen molar-refractivity contribution in [2.24, 2.45) is 0 Å². The minimum atomic E-state index is -1.43. The summed E-state index contributed by atoms with van der Waals surface area (Å²) in [7, 11) is 0. The minimum absolute atomic E-state index is 0.0633. The van der Waals surface area contributed by atoms with Crippen LogP contribution in [0.1, 0.15) is 12.5 Å². The zero-order chi connectivity index (χ0) is 11.9. The highest BCUT2D eigenvalue weighted by Crippen LogP contribution is 2.25. The topological polar surface area (TPSA) is 58.2 Å². The second-order valence-corrected chi connectivity index (χ2v) is 3.69. The predicted molar refractivity (Wildman–Crippen MR) is 50.4 cm³/mol. The summed E-state index contributed by atoms with van der Waals surface area (Å²) >= 11 is 0. The number of benzene rings is 1. The molecule has 1 saturated heterocycles. The van der Waals surface area contributed by atoms with Crippen LogP contribution in [0.5, 0.6) is 0 Å². The van der Waals surface area contributed by atoms with Gasteiger partial charge in [-0.2, -0.15) is 0 Å². The van der Waals surface area contributed by atoms with E-state index in [-0.39, 0.29) is 5.56 Å². The van der Waals surface area contributed by atoms with Gasteiger partial charge in [0.05, 0.1) is 0 Å². The van der Waals surface area contributed by atoms with Crippen LogP contribution < -0.4 is 10.6 Å². The predicted octanol–water partition coefficient (Wildman–Crippen LogP) is 1.02. The first-order chi connectivity index (χ1) is 7.41. The number of amides is 3. The molecule has 0 spiro atoms. The van der Waals surface area contributed by atoms with Crippen molar-refractivity contribution in [3.05, 3.63) is 35.4 Å². The van der Waals surface area contributed by atoms with Crippen LogP contribution in [0.4, 0.5) is 13.6 Å². The maximum atomic E-state index is 13.0. The Morgan fingerprint density at radius 3 is 2.12 bits per heavy atom. The maximum Gasteiger partial charge on any atom is 0.322 e. The van der Waals surface area contributed by atoms with Gasteiger partial charge in [-0.25, -0.2) is 13.6 Å². The second-order valence-electron chi connectivity index (χ2n) is 3.69. The van der Waals surface area contributed by atoms with Gasteiger partial charge in [-0.1, -0.05) is 0 Å². The summed E-state index contributed by atoms with van der Waals surface area (Å²) in [5.41, 5.74) is -1.37. The van der Waals surface area contributed by atoms with Crippen molar-refractivity contribution in [3.63, 3.8) is 0 Å². The molecule has 2 rings (SSSR count). The molecular weight excluding hydrogens is 218 g/mol. The second kappa shape index (κ2) is 3.26. The average molecular weight is 226 g/mol. The normalized spacial score (nSPS) is 24.2. The standard InChI is InChI=1S/C10H8F2N2O2/c1-10(8(15)13-9(16)14-10)5-2-6(11)4-7(12)3-5/h2-4H,1H3,(H2,13,14,15,16). The fourth-order valence-electron chi connectivity index (χ4n) is 1.59. The lowest BCUT2D eigenvalue weighted by Crippen LogP contribution is -2.40. The Balaban J connectivity index is 2.51. The molecule has 3 amide bonds. The Bertz CT molecular complexity index is 469. The first kappa shape index (κ1) is 10.5. The number of carbonyl (C=O) groups excluding carboxylic acids is 2. The van der Waals surface area contributed by atoms with E-state index >= 15 is 0 Å². The molecule has 16 heavy (non-hydrogen) atoms. The quantitative estimate of drug-likeness (QED) is 0.702. The zero-order valence-electron chi connectivity index (χ0n) is 8.30. The third-order valence-electron chi connectivity index (χ3n) is 2.48. The summed E-state index contributed by atoms with van der Waals surface area (Å²) in [5, 5.41) is 4.33. The number of hydrogen-bond acceptors (Lipinski definition) is 2. The smallest absolute Gasteiger partial charge is 0.320 e. The van der Waals surface area contributed by atoms with Crippen LogP contribution >= 0.6 is 0 Å². The Kier molecular flexibility index (Phi) is 2.15. The number of imide groups is 1. The van der Waals surface area contributed by atoms with E-state index in [1.807, 2.05) is 5.32 Å². The van der Waals surface area contributed by atoms with Gasteiger partial charge in [0, 0.05) is 6.07 Å². The maximum absolute atomic E-state index is 13.0. The van der Waals surface area contributed by atoms with Crippen LogP contribution in [0.2, 0.25) is 0 Å². The van der Waals surface area contributed by atoms with Gasteiger partial charge in [0.15, 0.2) is 0 Å². The lowest BCUT2D eigenvalue weighted by Gasteiger charge is -2.20. The minimum Gasteiger partial charge on any atom is -0.320 e. The highest BCUT2D eigenvalue weighted by Gasteiger charge is 2.43. The molecule has 0 saturated carbocycles. The molecule has 1 heterocycles. The van der Waals surface area contributed by atoms with Crippen molar-refractivity contribution in [2.75, 3.05) is 0 Å². The van der Waals surface area contributed by atoms with Gasteiger partial charge in [-0.3, -0.25) is 10.1 Å².